The Balaban J connectivity index is 2.58. The van der Waals surface area contributed by atoms with E-state index in [1.54, 1.807) is 0 Å². The number of nitrogens with one attached hydrogen (secondary N) is 1. The standard InChI is InChI=1S/C12H15N3/c1-12(2,3)10-7-5-4-6-9(10)11-13-8-14-15-11/h4-8H,1-3H3,(H,13,14,15). The highest BCUT2D eigenvalue weighted by Crippen LogP contribution is 2.30. The van der Waals surface area contributed by atoms with Crippen LogP contribution >= 0.6 is 0 Å². The fraction of sp³-hybridized carbons (Fsp3) is 0.333. The van der Waals surface area contributed by atoms with E-state index in [1.807, 2.05) is 6.07 Å². The van der Waals surface area contributed by atoms with E-state index >= 15 is 0 Å². The maximum Gasteiger partial charge on any atom is 0.155 e. The molecule has 0 aliphatic heterocycles. The summed E-state index contributed by atoms with van der Waals surface area (Å²) in [5, 5.41) is 6.79. The molecule has 3 nitrogen and oxygen atoms in total. The van der Waals surface area contributed by atoms with Gasteiger partial charge in [0.1, 0.15) is 6.33 Å². The molecular formula is C12H15N3. The Morgan fingerprint density at radius 2 is 1.87 bits per heavy atom. The number of hydrogen-bond acceptors (Lipinski definition) is 2. The lowest BCUT2D eigenvalue weighted by molar-refractivity contribution is 0.591. The van der Waals surface area contributed by atoms with Crippen LogP contribution in [0.15, 0.2) is 30.6 Å². The third-order valence-electron chi connectivity index (χ3n) is 2.41. The van der Waals surface area contributed by atoms with E-state index in [4.69, 9.17) is 0 Å². The molecule has 1 N–H and O–H groups in total. The van der Waals surface area contributed by atoms with Crippen molar-refractivity contribution in [1.82, 2.24) is 15.2 Å². The summed E-state index contributed by atoms with van der Waals surface area (Å²) in [5.41, 5.74) is 2.52. The topological polar surface area (TPSA) is 41.6 Å². The van der Waals surface area contributed by atoms with Crippen LogP contribution < -0.4 is 0 Å². The molecule has 0 unspecified atom stereocenters. The van der Waals surface area contributed by atoms with Gasteiger partial charge in [-0.25, -0.2) is 4.98 Å². The Hall–Kier alpha value is -1.64. The molecule has 2 rings (SSSR count). The number of aromatic amines is 1. The van der Waals surface area contributed by atoms with E-state index in [0.29, 0.717) is 0 Å². The largest absolute Gasteiger partial charge is 0.259 e. The second-order valence-electron chi connectivity index (χ2n) is 4.63. The third kappa shape index (κ3) is 1.91. The van der Waals surface area contributed by atoms with Gasteiger partial charge in [0.05, 0.1) is 0 Å². The van der Waals surface area contributed by atoms with Gasteiger partial charge in [0.15, 0.2) is 5.82 Å². The minimum absolute atomic E-state index is 0.114. The van der Waals surface area contributed by atoms with Crippen molar-refractivity contribution in [2.45, 2.75) is 26.2 Å². The fourth-order valence-corrected chi connectivity index (χ4v) is 1.68. The van der Waals surface area contributed by atoms with Crippen molar-refractivity contribution in [3.05, 3.63) is 36.2 Å². The van der Waals surface area contributed by atoms with Gasteiger partial charge >= 0.3 is 0 Å². The lowest BCUT2D eigenvalue weighted by Crippen LogP contribution is -2.12. The van der Waals surface area contributed by atoms with Gasteiger partial charge in [0, 0.05) is 5.56 Å². The van der Waals surface area contributed by atoms with Crippen molar-refractivity contribution in [3.63, 3.8) is 0 Å². The molecule has 0 aliphatic carbocycles. The molecule has 1 heterocycles. The molecule has 0 radical (unpaired) electrons. The molecular weight excluding hydrogens is 186 g/mol. The van der Waals surface area contributed by atoms with E-state index in [9.17, 15) is 0 Å². The van der Waals surface area contributed by atoms with Crippen LogP contribution in [-0.4, -0.2) is 15.2 Å². The number of H-pyrrole nitrogens is 1. The molecule has 0 fully saturated rings. The van der Waals surface area contributed by atoms with Crippen LogP contribution in [0.4, 0.5) is 0 Å². The molecule has 0 atom stereocenters. The normalized spacial score (nSPS) is 11.7. The Morgan fingerprint density at radius 3 is 2.47 bits per heavy atom. The van der Waals surface area contributed by atoms with Crippen molar-refractivity contribution >= 4 is 0 Å². The number of aromatic nitrogens is 3. The molecule has 15 heavy (non-hydrogen) atoms. The van der Waals surface area contributed by atoms with Crippen LogP contribution in [0.25, 0.3) is 11.4 Å². The van der Waals surface area contributed by atoms with Crippen molar-refractivity contribution < 1.29 is 0 Å². The van der Waals surface area contributed by atoms with Crippen molar-refractivity contribution in [1.29, 1.82) is 0 Å². The highest BCUT2D eigenvalue weighted by Gasteiger charge is 2.18. The molecule has 3 heteroatoms. The molecule has 0 aliphatic rings. The van der Waals surface area contributed by atoms with Crippen LogP contribution in [0.1, 0.15) is 26.3 Å². The van der Waals surface area contributed by atoms with Gasteiger partial charge in [0.25, 0.3) is 0 Å². The summed E-state index contributed by atoms with van der Waals surface area (Å²) in [5.74, 6) is 0.834. The molecule has 0 bridgehead atoms. The zero-order chi connectivity index (χ0) is 10.9. The van der Waals surface area contributed by atoms with E-state index in [0.717, 1.165) is 11.4 Å². The number of nitrogens with zero attached hydrogens (tertiary/aromatic N) is 2. The summed E-state index contributed by atoms with van der Waals surface area (Å²) in [6, 6.07) is 8.28. The average Bonchev–Trinajstić information content (AvgIpc) is 2.69. The second kappa shape index (κ2) is 3.50. The third-order valence-corrected chi connectivity index (χ3v) is 2.41. The predicted molar refractivity (Wildman–Crippen MR) is 60.5 cm³/mol. The molecule has 0 spiro atoms. The zero-order valence-corrected chi connectivity index (χ0v) is 9.28. The van der Waals surface area contributed by atoms with Gasteiger partial charge in [-0.05, 0) is 11.0 Å². The van der Waals surface area contributed by atoms with Gasteiger partial charge in [0.2, 0.25) is 0 Å². The summed E-state index contributed by atoms with van der Waals surface area (Å²) in [4.78, 5) is 4.19. The Kier molecular flexibility index (Phi) is 2.31. The molecule has 78 valence electrons. The summed E-state index contributed by atoms with van der Waals surface area (Å²) in [7, 11) is 0. The summed E-state index contributed by atoms with van der Waals surface area (Å²) >= 11 is 0. The number of benzene rings is 1. The Labute approximate surface area is 89.6 Å². The molecule has 2 aromatic rings. The summed E-state index contributed by atoms with van der Waals surface area (Å²) in [6.07, 6.45) is 1.54. The lowest BCUT2D eigenvalue weighted by Gasteiger charge is -2.21. The Morgan fingerprint density at radius 1 is 1.13 bits per heavy atom. The minimum Gasteiger partial charge on any atom is -0.259 e. The minimum atomic E-state index is 0.114. The first-order valence-corrected chi connectivity index (χ1v) is 5.04. The van der Waals surface area contributed by atoms with Gasteiger partial charge in [-0.2, -0.15) is 5.10 Å². The van der Waals surface area contributed by atoms with E-state index in [2.05, 4.69) is 54.2 Å². The highest BCUT2D eigenvalue weighted by molar-refractivity contribution is 5.61. The smallest absolute Gasteiger partial charge is 0.155 e. The van der Waals surface area contributed by atoms with E-state index < -0.39 is 0 Å². The SMILES string of the molecule is CC(C)(C)c1ccccc1-c1ncn[nH]1. The van der Waals surface area contributed by atoms with Crippen LogP contribution in [-0.2, 0) is 5.41 Å². The first-order valence-electron chi connectivity index (χ1n) is 5.04. The number of rotatable bonds is 1. The van der Waals surface area contributed by atoms with Crippen LogP contribution in [0.5, 0.6) is 0 Å². The van der Waals surface area contributed by atoms with Gasteiger partial charge in [-0.15, -0.1) is 0 Å². The molecule has 1 aromatic carbocycles. The van der Waals surface area contributed by atoms with E-state index in [-0.39, 0.29) is 5.41 Å². The summed E-state index contributed by atoms with van der Waals surface area (Å²) < 4.78 is 0. The van der Waals surface area contributed by atoms with Crippen LogP contribution in [0.3, 0.4) is 0 Å². The fourth-order valence-electron chi connectivity index (χ4n) is 1.68. The molecule has 0 amide bonds. The maximum atomic E-state index is 4.19. The monoisotopic (exact) mass is 201 g/mol. The number of hydrogen-bond donors (Lipinski definition) is 1. The van der Waals surface area contributed by atoms with Gasteiger partial charge in [-0.3, -0.25) is 5.10 Å². The second-order valence-corrected chi connectivity index (χ2v) is 4.63. The van der Waals surface area contributed by atoms with Crippen molar-refractivity contribution in [3.8, 4) is 11.4 Å². The van der Waals surface area contributed by atoms with Crippen LogP contribution in [0, 0.1) is 0 Å². The first-order chi connectivity index (χ1) is 7.09. The maximum absolute atomic E-state index is 4.19. The van der Waals surface area contributed by atoms with Gasteiger partial charge in [-0.1, -0.05) is 45.0 Å². The van der Waals surface area contributed by atoms with Gasteiger partial charge < -0.3 is 0 Å². The molecule has 1 aromatic heterocycles. The lowest BCUT2D eigenvalue weighted by atomic mass is 9.83. The zero-order valence-electron chi connectivity index (χ0n) is 9.28. The van der Waals surface area contributed by atoms with Crippen LogP contribution in [0.2, 0.25) is 0 Å². The highest BCUT2D eigenvalue weighted by atomic mass is 15.2. The molecule has 0 saturated heterocycles. The Bertz CT molecular complexity index is 438. The van der Waals surface area contributed by atoms with Crippen molar-refractivity contribution in [2.75, 3.05) is 0 Å². The van der Waals surface area contributed by atoms with Crippen molar-refractivity contribution in [2.24, 2.45) is 0 Å². The quantitative estimate of drug-likeness (QED) is 0.770. The summed E-state index contributed by atoms with van der Waals surface area (Å²) in [6.45, 7) is 6.59. The first kappa shape index (κ1) is 9.90. The van der Waals surface area contributed by atoms with E-state index in [1.165, 1.54) is 11.9 Å². The average molecular weight is 201 g/mol. The predicted octanol–water partition coefficient (Wildman–Crippen LogP) is 2.77. The molecule has 0 saturated carbocycles.